The summed E-state index contributed by atoms with van der Waals surface area (Å²) in [6, 6.07) is 8.62. The van der Waals surface area contributed by atoms with Gasteiger partial charge in [-0.2, -0.15) is 0 Å². The third-order valence-electron chi connectivity index (χ3n) is 6.07. The fourth-order valence-electron chi connectivity index (χ4n) is 4.50. The number of fused-ring (bicyclic) bond motifs is 1. The number of aryl methyl sites for hydroxylation is 2. The minimum Gasteiger partial charge on any atom is -0.348 e. The number of imidazole rings is 1. The van der Waals surface area contributed by atoms with Crippen LogP contribution >= 0.6 is 0 Å². The number of nitrogens with one attached hydrogen (secondary N) is 1. The van der Waals surface area contributed by atoms with E-state index in [1.807, 2.05) is 6.92 Å². The number of piperazine rings is 1. The molecule has 2 atom stereocenters. The van der Waals surface area contributed by atoms with Gasteiger partial charge in [0.2, 0.25) is 0 Å². The van der Waals surface area contributed by atoms with Crippen molar-refractivity contribution in [3.8, 4) is 0 Å². The summed E-state index contributed by atoms with van der Waals surface area (Å²) in [4.78, 5) is 12.2. The van der Waals surface area contributed by atoms with Gasteiger partial charge in [-0.25, -0.2) is 13.4 Å². The first-order chi connectivity index (χ1) is 13.0. The molecule has 0 saturated carbocycles. The first-order valence-electron chi connectivity index (χ1n) is 9.71. The summed E-state index contributed by atoms with van der Waals surface area (Å²) in [5.41, 5.74) is 4.75. The second-order valence-corrected chi connectivity index (χ2v) is 9.90. The first kappa shape index (κ1) is 18.7. The second kappa shape index (κ2) is 7.37. The zero-order valence-corrected chi connectivity index (χ0v) is 16.9. The van der Waals surface area contributed by atoms with Gasteiger partial charge in [0, 0.05) is 44.0 Å². The third kappa shape index (κ3) is 3.81. The highest BCUT2D eigenvalue weighted by molar-refractivity contribution is 7.91. The van der Waals surface area contributed by atoms with E-state index in [0.717, 1.165) is 37.4 Å². The molecule has 0 spiro atoms. The van der Waals surface area contributed by atoms with Crippen LogP contribution in [0, 0.1) is 6.92 Å². The summed E-state index contributed by atoms with van der Waals surface area (Å²) in [5.74, 6) is 0.523. The molecule has 4 rings (SSSR count). The van der Waals surface area contributed by atoms with Gasteiger partial charge in [0.15, 0.2) is 9.84 Å². The molecule has 2 aromatic rings. The number of H-pyrrole nitrogens is 1. The molecule has 2 saturated heterocycles. The first-order valence-corrected chi connectivity index (χ1v) is 11.5. The standard InChI is InChI=1S/C20H28N4O2S/c1-3-16-6-4-5-7-17(16)10-23-8-9-24(11-18-15(2)21-14-22-18)20-13-27(25,26)12-19(20)23/h4-7,14,19-20H,3,8-13H2,1-2H3,(H,21,22)/t19-,20+/m0/s1. The Kier molecular flexibility index (Phi) is 5.09. The maximum Gasteiger partial charge on any atom is 0.153 e. The Morgan fingerprint density at radius 1 is 1.07 bits per heavy atom. The van der Waals surface area contributed by atoms with Crippen LogP contribution in [0.5, 0.6) is 0 Å². The van der Waals surface area contributed by atoms with Crippen LogP contribution in [0.4, 0.5) is 0 Å². The lowest BCUT2D eigenvalue weighted by Gasteiger charge is -2.44. The number of aromatic nitrogens is 2. The van der Waals surface area contributed by atoms with E-state index in [4.69, 9.17) is 0 Å². The molecule has 1 N–H and O–H groups in total. The second-order valence-electron chi connectivity index (χ2n) is 7.75. The smallest absolute Gasteiger partial charge is 0.153 e. The normalized spacial score (nSPS) is 25.6. The molecule has 3 heterocycles. The van der Waals surface area contributed by atoms with Gasteiger partial charge in [-0.15, -0.1) is 0 Å². The Hall–Kier alpha value is -1.70. The Morgan fingerprint density at radius 2 is 1.70 bits per heavy atom. The average Bonchev–Trinajstić information content (AvgIpc) is 3.19. The molecule has 1 aromatic heterocycles. The molecule has 2 aliphatic rings. The Balaban J connectivity index is 1.56. The van der Waals surface area contributed by atoms with E-state index in [9.17, 15) is 8.42 Å². The number of aromatic amines is 1. The van der Waals surface area contributed by atoms with Gasteiger partial charge >= 0.3 is 0 Å². The van der Waals surface area contributed by atoms with E-state index in [0.29, 0.717) is 6.54 Å². The monoisotopic (exact) mass is 388 g/mol. The zero-order chi connectivity index (χ0) is 19.0. The van der Waals surface area contributed by atoms with Crippen molar-refractivity contribution in [3.63, 3.8) is 0 Å². The molecule has 27 heavy (non-hydrogen) atoms. The Bertz CT molecular complexity index is 908. The van der Waals surface area contributed by atoms with Gasteiger partial charge in [-0.05, 0) is 24.5 Å². The molecule has 0 bridgehead atoms. The van der Waals surface area contributed by atoms with Crippen molar-refractivity contribution in [3.05, 3.63) is 53.1 Å². The zero-order valence-electron chi connectivity index (χ0n) is 16.1. The number of hydrogen-bond acceptors (Lipinski definition) is 5. The van der Waals surface area contributed by atoms with Crippen LogP contribution in [0.25, 0.3) is 0 Å². The van der Waals surface area contributed by atoms with E-state index in [1.54, 1.807) is 6.33 Å². The fourth-order valence-corrected chi connectivity index (χ4v) is 6.55. The summed E-state index contributed by atoms with van der Waals surface area (Å²) in [5, 5.41) is 0. The molecule has 0 unspecified atom stereocenters. The predicted molar refractivity (Wildman–Crippen MR) is 106 cm³/mol. The van der Waals surface area contributed by atoms with Crippen molar-refractivity contribution < 1.29 is 8.42 Å². The lowest BCUT2D eigenvalue weighted by Crippen LogP contribution is -2.58. The van der Waals surface area contributed by atoms with Gasteiger partial charge in [0.25, 0.3) is 0 Å². The van der Waals surface area contributed by atoms with Crippen molar-refractivity contribution >= 4 is 9.84 Å². The van der Waals surface area contributed by atoms with Crippen molar-refractivity contribution in [2.24, 2.45) is 0 Å². The minimum absolute atomic E-state index is 0.0497. The Labute approximate surface area is 161 Å². The van der Waals surface area contributed by atoms with Gasteiger partial charge in [0.05, 0.1) is 23.5 Å². The molecule has 7 heteroatoms. The Morgan fingerprint density at radius 3 is 2.30 bits per heavy atom. The van der Waals surface area contributed by atoms with E-state index < -0.39 is 9.84 Å². The number of nitrogens with zero attached hydrogens (tertiary/aromatic N) is 3. The van der Waals surface area contributed by atoms with E-state index >= 15 is 0 Å². The molecular weight excluding hydrogens is 360 g/mol. The maximum atomic E-state index is 12.5. The third-order valence-corrected chi connectivity index (χ3v) is 7.76. The lowest BCUT2D eigenvalue weighted by molar-refractivity contribution is 0.0346. The van der Waals surface area contributed by atoms with E-state index in [1.165, 1.54) is 11.1 Å². The molecule has 1 aromatic carbocycles. The maximum absolute atomic E-state index is 12.5. The molecule has 0 amide bonds. The number of hydrogen-bond donors (Lipinski definition) is 1. The summed E-state index contributed by atoms with van der Waals surface area (Å²) in [6.07, 6.45) is 2.71. The van der Waals surface area contributed by atoms with Crippen LogP contribution in [-0.4, -0.2) is 64.9 Å². The summed E-state index contributed by atoms with van der Waals surface area (Å²) in [6.45, 7) is 7.49. The highest BCUT2D eigenvalue weighted by Crippen LogP contribution is 2.30. The largest absolute Gasteiger partial charge is 0.348 e. The molecule has 0 aliphatic carbocycles. The molecule has 6 nitrogen and oxygen atoms in total. The minimum atomic E-state index is -3.00. The van der Waals surface area contributed by atoms with Crippen molar-refractivity contribution in [1.29, 1.82) is 0 Å². The van der Waals surface area contributed by atoms with E-state index in [2.05, 4.69) is 51.0 Å². The predicted octanol–water partition coefficient (Wildman–Crippen LogP) is 1.76. The highest BCUT2D eigenvalue weighted by Gasteiger charge is 2.46. The lowest BCUT2D eigenvalue weighted by atomic mass is 10.0. The van der Waals surface area contributed by atoms with E-state index in [-0.39, 0.29) is 23.6 Å². The van der Waals surface area contributed by atoms with Crippen LogP contribution in [0.1, 0.15) is 29.4 Å². The summed E-state index contributed by atoms with van der Waals surface area (Å²) < 4.78 is 24.9. The van der Waals surface area contributed by atoms with Gasteiger partial charge in [-0.3, -0.25) is 9.80 Å². The average molecular weight is 389 g/mol. The molecule has 2 fully saturated rings. The SMILES string of the molecule is CCc1ccccc1CN1CCN(Cc2nc[nH]c2C)[C@@H]2CS(=O)(=O)C[C@@H]21. The highest BCUT2D eigenvalue weighted by atomic mass is 32.2. The van der Waals surface area contributed by atoms with Gasteiger partial charge < -0.3 is 4.98 Å². The topological polar surface area (TPSA) is 69.3 Å². The quantitative estimate of drug-likeness (QED) is 0.845. The number of sulfone groups is 1. The molecule has 0 radical (unpaired) electrons. The van der Waals surface area contributed by atoms with Crippen molar-refractivity contribution in [1.82, 2.24) is 19.8 Å². The van der Waals surface area contributed by atoms with Gasteiger partial charge in [0.1, 0.15) is 0 Å². The number of benzene rings is 1. The molecule has 146 valence electrons. The molecule has 2 aliphatic heterocycles. The van der Waals surface area contributed by atoms with Crippen molar-refractivity contribution in [2.45, 2.75) is 45.4 Å². The van der Waals surface area contributed by atoms with Gasteiger partial charge in [-0.1, -0.05) is 31.2 Å². The van der Waals surface area contributed by atoms with Crippen molar-refractivity contribution in [2.75, 3.05) is 24.6 Å². The molecular formula is C20H28N4O2S. The van der Waals surface area contributed by atoms with Crippen LogP contribution in [0.2, 0.25) is 0 Å². The van der Waals surface area contributed by atoms with Crippen LogP contribution in [0.3, 0.4) is 0 Å². The van der Waals surface area contributed by atoms with Crippen LogP contribution in [-0.2, 0) is 29.3 Å². The van der Waals surface area contributed by atoms with Crippen LogP contribution < -0.4 is 0 Å². The fraction of sp³-hybridized carbons (Fsp3) is 0.550. The number of rotatable bonds is 5. The van der Waals surface area contributed by atoms with Crippen LogP contribution in [0.15, 0.2) is 30.6 Å². The summed E-state index contributed by atoms with van der Waals surface area (Å²) >= 11 is 0. The summed E-state index contributed by atoms with van der Waals surface area (Å²) in [7, 11) is -3.00.